The number of carbonyl (C=O) groups is 3. The van der Waals surface area contributed by atoms with E-state index in [9.17, 15) is 24.8 Å². The lowest BCUT2D eigenvalue weighted by Gasteiger charge is -2.10. The van der Waals surface area contributed by atoms with Gasteiger partial charge in [0.05, 0.1) is 17.4 Å². The van der Waals surface area contributed by atoms with Crippen molar-refractivity contribution in [1.82, 2.24) is 5.43 Å². The molecule has 3 aromatic rings. The van der Waals surface area contributed by atoms with Crippen molar-refractivity contribution >= 4 is 17.8 Å². The number of nitrogens with zero attached hydrogens (tertiary/aromatic N) is 1. The fourth-order valence-corrected chi connectivity index (χ4v) is 2.68. The van der Waals surface area contributed by atoms with Crippen molar-refractivity contribution in [3.05, 3.63) is 77.2 Å². The average Bonchev–Trinajstić information content (AvgIpc) is 3.23. The molecule has 0 saturated carbocycles. The molecule has 0 bridgehead atoms. The number of nitrogens with two attached hydrogens (primary N) is 1. The Kier molecular flexibility index (Phi) is 5.39. The molecular weight excluding hydrogens is 378 g/mol. The van der Waals surface area contributed by atoms with Crippen LogP contribution < -0.4 is 11.3 Å². The van der Waals surface area contributed by atoms with Gasteiger partial charge in [0.2, 0.25) is 5.76 Å². The number of furan rings is 1. The van der Waals surface area contributed by atoms with Crippen molar-refractivity contribution in [1.29, 1.82) is 5.26 Å². The van der Waals surface area contributed by atoms with E-state index < -0.39 is 40.3 Å². The number of esters is 2. The van der Waals surface area contributed by atoms with Gasteiger partial charge in [0.15, 0.2) is 0 Å². The molecule has 0 radical (unpaired) electrons. The first-order valence-electron chi connectivity index (χ1n) is 8.14. The van der Waals surface area contributed by atoms with Crippen LogP contribution in [-0.4, -0.2) is 23.0 Å². The highest BCUT2D eigenvalue weighted by Gasteiger charge is 2.28. The van der Waals surface area contributed by atoms with Crippen molar-refractivity contribution in [3.63, 3.8) is 0 Å². The quantitative estimate of drug-likeness (QED) is 0.201. The molecule has 3 rings (SSSR count). The molecule has 9 heteroatoms. The zero-order valence-electron chi connectivity index (χ0n) is 14.7. The van der Waals surface area contributed by atoms with E-state index in [1.807, 2.05) is 0 Å². The lowest BCUT2D eigenvalue weighted by Crippen LogP contribution is -2.32. The number of rotatable bonds is 4. The summed E-state index contributed by atoms with van der Waals surface area (Å²) in [6.45, 7) is 0. The Bertz CT molecular complexity index is 1140. The normalized spacial score (nSPS) is 10.1. The van der Waals surface area contributed by atoms with Gasteiger partial charge < -0.3 is 14.3 Å². The van der Waals surface area contributed by atoms with Gasteiger partial charge in [-0.2, -0.15) is 5.26 Å². The average molecular weight is 391 g/mol. The number of phenols is 1. The van der Waals surface area contributed by atoms with Crippen LogP contribution in [-0.2, 0) is 4.74 Å². The van der Waals surface area contributed by atoms with Crippen LogP contribution >= 0.6 is 0 Å². The van der Waals surface area contributed by atoms with E-state index in [0.717, 1.165) is 12.1 Å². The second kappa shape index (κ2) is 8.08. The highest BCUT2D eigenvalue weighted by Crippen LogP contribution is 2.27. The van der Waals surface area contributed by atoms with Gasteiger partial charge in [0, 0.05) is 5.56 Å². The smallest absolute Gasteiger partial charge is 0.382 e. The van der Waals surface area contributed by atoms with E-state index in [0.29, 0.717) is 11.1 Å². The molecule has 1 amide bonds. The van der Waals surface area contributed by atoms with Gasteiger partial charge in [-0.15, -0.1) is 0 Å². The molecule has 0 spiro atoms. The zero-order valence-corrected chi connectivity index (χ0v) is 14.7. The standard InChI is InChI=1S/C20H13N3O6/c21-10-14-15(24)7-6-13(16(14)18(25)23-22)19(26)29-20(27)17-12(8-9-28-17)11-4-2-1-3-5-11/h1-9,24H,22H2,(H,23,25). The van der Waals surface area contributed by atoms with Gasteiger partial charge >= 0.3 is 11.9 Å². The summed E-state index contributed by atoms with van der Waals surface area (Å²) in [5.41, 5.74) is 1.42. The van der Waals surface area contributed by atoms with Crippen LogP contribution in [0.3, 0.4) is 0 Å². The number of nitrogen functional groups attached to an aromatic ring is 1. The van der Waals surface area contributed by atoms with Gasteiger partial charge in [-0.1, -0.05) is 30.3 Å². The number of aromatic hydroxyl groups is 1. The fourth-order valence-electron chi connectivity index (χ4n) is 2.68. The van der Waals surface area contributed by atoms with Gasteiger partial charge in [-0.3, -0.25) is 10.2 Å². The number of phenolic OH excluding ortho intramolecular Hbond substituents is 1. The third-order valence-electron chi connectivity index (χ3n) is 3.99. The number of hydrogen-bond donors (Lipinski definition) is 3. The van der Waals surface area contributed by atoms with Gasteiger partial charge in [-0.05, 0) is 23.8 Å². The lowest BCUT2D eigenvalue weighted by atomic mass is 10.00. The van der Waals surface area contributed by atoms with Crippen molar-refractivity contribution in [3.8, 4) is 22.9 Å². The third kappa shape index (κ3) is 3.69. The molecule has 1 aromatic heterocycles. The van der Waals surface area contributed by atoms with E-state index >= 15 is 0 Å². The summed E-state index contributed by atoms with van der Waals surface area (Å²) in [7, 11) is 0. The Morgan fingerprint density at radius 2 is 1.79 bits per heavy atom. The zero-order chi connectivity index (χ0) is 21.0. The molecular formula is C20H13N3O6. The minimum Gasteiger partial charge on any atom is -0.507 e. The summed E-state index contributed by atoms with van der Waals surface area (Å²) in [6.07, 6.45) is 1.27. The highest BCUT2D eigenvalue weighted by molar-refractivity contribution is 6.11. The molecule has 9 nitrogen and oxygen atoms in total. The molecule has 0 saturated heterocycles. The summed E-state index contributed by atoms with van der Waals surface area (Å²) >= 11 is 0. The Morgan fingerprint density at radius 1 is 1.07 bits per heavy atom. The minimum atomic E-state index is -1.22. The molecule has 0 aliphatic carbocycles. The van der Waals surface area contributed by atoms with Gasteiger partial charge in [-0.25, -0.2) is 15.4 Å². The van der Waals surface area contributed by atoms with Crippen LogP contribution in [0.15, 0.2) is 59.2 Å². The van der Waals surface area contributed by atoms with E-state index in [1.165, 1.54) is 12.3 Å². The maximum Gasteiger partial charge on any atom is 0.382 e. The van der Waals surface area contributed by atoms with Gasteiger partial charge in [0.1, 0.15) is 17.4 Å². The summed E-state index contributed by atoms with van der Waals surface area (Å²) in [5, 5.41) is 18.9. The van der Waals surface area contributed by atoms with Crippen LogP contribution in [0.1, 0.15) is 36.8 Å². The first-order valence-corrected chi connectivity index (χ1v) is 8.14. The number of amides is 1. The second-order valence-electron chi connectivity index (χ2n) is 5.67. The maximum absolute atomic E-state index is 12.5. The second-order valence-corrected chi connectivity index (χ2v) is 5.67. The molecule has 0 atom stereocenters. The van der Waals surface area contributed by atoms with E-state index in [-0.39, 0.29) is 5.76 Å². The molecule has 144 valence electrons. The Labute approximate surface area is 163 Å². The van der Waals surface area contributed by atoms with Crippen LogP contribution in [0.4, 0.5) is 0 Å². The number of ether oxygens (including phenoxy) is 1. The predicted molar refractivity (Wildman–Crippen MR) is 98.4 cm³/mol. The number of nitriles is 1. The first-order chi connectivity index (χ1) is 14.0. The van der Waals surface area contributed by atoms with E-state index in [2.05, 4.69) is 0 Å². The molecule has 1 heterocycles. The van der Waals surface area contributed by atoms with Gasteiger partial charge in [0.25, 0.3) is 5.91 Å². The number of hydrazine groups is 1. The highest BCUT2D eigenvalue weighted by atomic mass is 16.6. The number of benzene rings is 2. The molecule has 0 aliphatic rings. The SMILES string of the molecule is N#Cc1c(O)ccc(C(=O)OC(=O)c2occc2-c2ccccc2)c1C(=O)NN. The van der Waals surface area contributed by atoms with Crippen molar-refractivity contribution in [2.45, 2.75) is 0 Å². The third-order valence-corrected chi connectivity index (χ3v) is 3.99. The summed E-state index contributed by atoms with van der Waals surface area (Å²) in [4.78, 5) is 37.0. The Hall–Kier alpha value is -4.42. The van der Waals surface area contributed by atoms with Crippen molar-refractivity contribution in [2.24, 2.45) is 5.84 Å². The number of carbonyl (C=O) groups excluding carboxylic acids is 3. The molecule has 4 N–H and O–H groups in total. The van der Waals surface area contributed by atoms with Crippen molar-refractivity contribution in [2.75, 3.05) is 0 Å². The fraction of sp³-hybridized carbons (Fsp3) is 0. The van der Waals surface area contributed by atoms with Crippen LogP contribution in [0.2, 0.25) is 0 Å². The largest absolute Gasteiger partial charge is 0.507 e. The van der Waals surface area contributed by atoms with Crippen molar-refractivity contribution < 1.29 is 28.6 Å². The molecule has 29 heavy (non-hydrogen) atoms. The predicted octanol–water partition coefficient (Wildman–Crippen LogP) is 2.12. The first kappa shape index (κ1) is 19.3. The minimum absolute atomic E-state index is 0.214. The molecule has 2 aromatic carbocycles. The Morgan fingerprint density at radius 3 is 2.45 bits per heavy atom. The Balaban J connectivity index is 1.95. The maximum atomic E-state index is 12.5. The number of hydrogen-bond acceptors (Lipinski definition) is 8. The number of nitrogens with one attached hydrogen (secondary N) is 1. The molecule has 0 fully saturated rings. The van der Waals surface area contributed by atoms with Crippen LogP contribution in [0.5, 0.6) is 5.75 Å². The monoisotopic (exact) mass is 391 g/mol. The molecule has 0 unspecified atom stereocenters. The van der Waals surface area contributed by atoms with E-state index in [1.54, 1.807) is 41.8 Å². The summed E-state index contributed by atoms with van der Waals surface area (Å²) in [5.74, 6) is 1.01. The summed E-state index contributed by atoms with van der Waals surface area (Å²) < 4.78 is 10.00. The topological polar surface area (TPSA) is 156 Å². The summed E-state index contributed by atoms with van der Waals surface area (Å²) in [6, 6.07) is 14.0. The van der Waals surface area contributed by atoms with Crippen LogP contribution in [0, 0.1) is 11.3 Å². The lowest BCUT2D eigenvalue weighted by molar-refractivity contribution is 0.0374. The molecule has 0 aliphatic heterocycles. The van der Waals surface area contributed by atoms with E-state index in [4.69, 9.17) is 15.0 Å². The van der Waals surface area contributed by atoms with Crippen LogP contribution in [0.25, 0.3) is 11.1 Å².